The van der Waals surface area contributed by atoms with E-state index in [1.165, 1.54) is 19.4 Å². The van der Waals surface area contributed by atoms with Crippen LogP contribution in [0, 0.1) is 11.6 Å². The molecule has 0 radical (unpaired) electrons. The van der Waals surface area contributed by atoms with Crippen LogP contribution in [0.1, 0.15) is 59.1 Å². The highest BCUT2D eigenvalue weighted by Crippen LogP contribution is 2.45. The molecule has 2 bridgehead atoms. The quantitative estimate of drug-likeness (QED) is 0.670. The molecule has 196 valence electrons. The second kappa shape index (κ2) is 8.94. The number of aliphatic imine (C=N–C) groups is 1. The van der Waals surface area contributed by atoms with Crippen LogP contribution in [0.15, 0.2) is 34.2 Å². The van der Waals surface area contributed by atoms with E-state index in [-0.39, 0.29) is 47.6 Å². The largest absolute Gasteiger partial charge is 0.491 e. The number of ether oxygens (including phenoxy) is 1. The van der Waals surface area contributed by atoms with E-state index in [1.54, 1.807) is 21.6 Å². The van der Waals surface area contributed by atoms with Crippen LogP contribution in [-0.4, -0.2) is 64.6 Å². The molecule has 1 saturated heterocycles. The molecule has 3 unspecified atom stereocenters. The Balaban J connectivity index is 1.60. The van der Waals surface area contributed by atoms with Crippen molar-refractivity contribution in [2.75, 3.05) is 20.7 Å². The van der Waals surface area contributed by atoms with E-state index in [2.05, 4.69) is 5.32 Å². The summed E-state index contributed by atoms with van der Waals surface area (Å²) in [4.78, 5) is 52.7. The zero-order valence-corrected chi connectivity index (χ0v) is 20.9. The second-order valence-corrected chi connectivity index (χ2v) is 9.53. The fraction of sp³-hybridized carbons (Fsp3) is 0.440. The number of pyridine rings is 1. The molecule has 0 saturated carbocycles. The maximum atomic E-state index is 14.1. The van der Waals surface area contributed by atoms with Crippen LogP contribution in [0.2, 0.25) is 0 Å². The van der Waals surface area contributed by atoms with Gasteiger partial charge in [0.15, 0.2) is 11.4 Å². The third-order valence-corrected chi connectivity index (χ3v) is 7.34. The van der Waals surface area contributed by atoms with Gasteiger partial charge in [-0.2, -0.15) is 0 Å². The first-order chi connectivity index (χ1) is 17.6. The summed E-state index contributed by atoms with van der Waals surface area (Å²) in [5.41, 5.74) is -2.05. The molecule has 1 aromatic heterocycles. The summed E-state index contributed by atoms with van der Waals surface area (Å²) in [5, 5.41) is 4.07. The standard InChI is InChI=1S/C25H27F2N5O5/c1-13-7-8-25(29-14(2)30(3)37-25)19-12-31(13)24(35)20-22(36-4)21(33)17(11-32(19)20)23(34)28-10-15-5-6-16(26)9-18(15)27/h5-6,9,11,13,19H,7-8,10,12H2,1-4H3,(H,28,34). The zero-order chi connectivity index (χ0) is 26.6. The SMILES string of the molecule is COc1c2n(cc(C(=O)NCc3ccc(F)cc3F)c1=O)C1CN(C2=O)C(C)CCC12N=C(C)N(C)O2. The predicted molar refractivity (Wildman–Crippen MR) is 128 cm³/mol. The van der Waals surface area contributed by atoms with E-state index in [9.17, 15) is 23.2 Å². The number of amidine groups is 1. The Hall–Kier alpha value is -3.80. The lowest BCUT2D eigenvalue weighted by Crippen LogP contribution is -2.52. The highest BCUT2D eigenvalue weighted by molar-refractivity contribution is 5.99. The number of hydroxylamine groups is 2. The van der Waals surface area contributed by atoms with Gasteiger partial charge in [-0.1, -0.05) is 6.07 Å². The summed E-state index contributed by atoms with van der Waals surface area (Å²) in [7, 11) is 3.00. The van der Waals surface area contributed by atoms with E-state index in [4.69, 9.17) is 14.6 Å². The summed E-state index contributed by atoms with van der Waals surface area (Å²) in [6.07, 6.45) is 2.44. The van der Waals surface area contributed by atoms with Crippen molar-refractivity contribution in [3.8, 4) is 5.75 Å². The first-order valence-electron chi connectivity index (χ1n) is 11.9. The maximum Gasteiger partial charge on any atom is 0.274 e. The van der Waals surface area contributed by atoms with E-state index in [1.807, 2.05) is 13.8 Å². The number of carbonyl (C=O) groups is 2. The molecule has 3 aliphatic heterocycles. The average Bonchev–Trinajstić information content (AvgIpc) is 3.08. The normalized spacial score (nSPS) is 24.6. The number of hydrogen-bond donors (Lipinski definition) is 1. The summed E-state index contributed by atoms with van der Waals surface area (Å²) in [5.74, 6) is -2.35. The number of amides is 2. The van der Waals surface area contributed by atoms with Crippen LogP contribution in [0.5, 0.6) is 5.75 Å². The average molecular weight is 516 g/mol. The van der Waals surface area contributed by atoms with Crippen molar-refractivity contribution in [2.45, 2.75) is 51.0 Å². The van der Waals surface area contributed by atoms with Crippen LogP contribution >= 0.6 is 0 Å². The third-order valence-electron chi connectivity index (χ3n) is 7.34. The first-order valence-corrected chi connectivity index (χ1v) is 11.9. The molecule has 4 heterocycles. The molecule has 12 heteroatoms. The number of hydrogen-bond acceptors (Lipinski definition) is 7. The van der Waals surface area contributed by atoms with Gasteiger partial charge >= 0.3 is 0 Å². The minimum absolute atomic E-state index is 0.0176. The van der Waals surface area contributed by atoms with E-state index < -0.39 is 34.7 Å². The summed E-state index contributed by atoms with van der Waals surface area (Å²) in [6, 6.07) is 2.31. The Morgan fingerprint density at radius 1 is 1.32 bits per heavy atom. The second-order valence-electron chi connectivity index (χ2n) is 9.53. The van der Waals surface area contributed by atoms with Crippen LogP contribution < -0.4 is 15.5 Å². The lowest BCUT2D eigenvalue weighted by atomic mass is 9.97. The van der Waals surface area contributed by atoms with Crippen LogP contribution in [-0.2, 0) is 11.4 Å². The van der Waals surface area contributed by atoms with Crippen molar-refractivity contribution in [1.82, 2.24) is 19.8 Å². The lowest BCUT2D eigenvalue weighted by Gasteiger charge is -2.41. The number of nitrogens with one attached hydrogen (secondary N) is 1. The Kier molecular flexibility index (Phi) is 6.01. The summed E-state index contributed by atoms with van der Waals surface area (Å²) >= 11 is 0. The molecule has 2 amide bonds. The minimum atomic E-state index is -1.05. The van der Waals surface area contributed by atoms with Gasteiger partial charge in [-0.15, -0.1) is 0 Å². The number of fused-ring (bicyclic) bond motifs is 5. The van der Waals surface area contributed by atoms with Crippen LogP contribution in [0.3, 0.4) is 0 Å². The number of methoxy groups -OCH3 is 1. The summed E-state index contributed by atoms with van der Waals surface area (Å²) < 4.78 is 34.2. The zero-order valence-electron chi connectivity index (χ0n) is 20.9. The molecule has 2 aromatic rings. The number of rotatable bonds is 4. The Morgan fingerprint density at radius 3 is 2.73 bits per heavy atom. The Bertz CT molecular complexity index is 1390. The van der Waals surface area contributed by atoms with Crippen molar-refractivity contribution in [3.63, 3.8) is 0 Å². The molecule has 10 nitrogen and oxygen atoms in total. The van der Waals surface area contributed by atoms with Gasteiger partial charge in [0.05, 0.1) is 7.11 Å². The fourth-order valence-electron chi connectivity index (χ4n) is 5.23. The molecule has 0 aliphatic carbocycles. The molecule has 5 rings (SSSR count). The van der Waals surface area contributed by atoms with E-state index >= 15 is 0 Å². The smallest absolute Gasteiger partial charge is 0.274 e. The number of aromatic nitrogens is 1. The predicted octanol–water partition coefficient (Wildman–Crippen LogP) is 2.24. The van der Waals surface area contributed by atoms with Crippen LogP contribution in [0.4, 0.5) is 8.78 Å². The number of halogens is 2. The van der Waals surface area contributed by atoms with Gasteiger partial charge in [0.25, 0.3) is 11.8 Å². The third kappa shape index (κ3) is 3.95. The van der Waals surface area contributed by atoms with Gasteiger partial charge in [0, 0.05) is 50.4 Å². The van der Waals surface area contributed by atoms with Gasteiger partial charge in [0.1, 0.15) is 29.1 Å². The summed E-state index contributed by atoms with van der Waals surface area (Å²) in [6.45, 7) is 3.73. The number of nitrogens with zero attached hydrogens (tertiary/aromatic N) is 4. The molecular formula is C25H27F2N5O5. The molecule has 37 heavy (non-hydrogen) atoms. The molecule has 3 aliphatic rings. The Labute approximate surface area is 211 Å². The molecule has 1 aromatic carbocycles. The molecule has 1 spiro atoms. The molecular weight excluding hydrogens is 488 g/mol. The first kappa shape index (κ1) is 24.9. The van der Waals surface area contributed by atoms with Gasteiger partial charge < -0.3 is 19.5 Å². The van der Waals surface area contributed by atoms with Crippen molar-refractivity contribution >= 4 is 17.6 Å². The number of carbonyl (C=O) groups excluding carboxylic acids is 2. The minimum Gasteiger partial charge on any atom is -0.491 e. The van der Waals surface area contributed by atoms with Crippen molar-refractivity contribution < 1.29 is 27.9 Å². The lowest BCUT2D eigenvalue weighted by molar-refractivity contribution is -0.189. The maximum absolute atomic E-state index is 14.1. The van der Waals surface area contributed by atoms with Gasteiger partial charge in [-0.25, -0.2) is 23.7 Å². The van der Waals surface area contributed by atoms with Crippen molar-refractivity contribution in [3.05, 3.63) is 63.1 Å². The monoisotopic (exact) mass is 515 g/mol. The molecule has 1 N–H and O–H groups in total. The topological polar surface area (TPSA) is 105 Å². The highest BCUT2D eigenvalue weighted by Gasteiger charge is 2.54. The fourth-order valence-corrected chi connectivity index (χ4v) is 5.23. The van der Waals surface area contributed by atoms with Crippen molar-refractivity contribution in [1.29, 1.82) is 0 Å². The van der Waals surface area contributed by atoms with Gasteiger partial charge in [-0.05, 0) is 26.3 Å². The van der Waals surface area contributed by atoms with E-state index in [0.29, 0.717) is 24.7 Å². The van der Waals surface area contributed by atoms with Gasteiger partial charge in [-0.3, -0.25) is 14.4 Å². The van der Waals surface area contributed by atoms with Crippen LogP contribution in [0.25, 0.3) is 0 Å². The number of benzene rings is 1. The van der Waals surface area contributed by atoms with Crippen molar-refractivity contribution in [2.24, 2.45) is 4.99 Å². The molecule has 1 fully saturated rings. The highest BCUT2D eigenvalue weighted by atomic mass is 19.1. The Morgan fingerprint density at radius 2 is 2.08 bits per heavy atom. The van der Waals surface area contributed by atoms with Gasteiger partial charge in [0.2, 0.25) is 11.2 Å². The van der Waals surface area contributed by atoms with E-state index in [0.717, 1.165) is 6.07 Å². The molecule has 3 atom stereocenters.